The van der Waals surface area contributed by atoms with E-state index < -0.39 is 0 Å². The lowest BCUT2D eigenvalue weighted by atomic mass is 9.94. The molecule has 1 aliphatic heterocycles. The first kappa shape index (κ1) is 12.2. The van der Waals surface area contributed by atoms with Gasteiger partial charge in [0.2, 0.25) is 0 Å². The molecule has 1 amide bonds. The minimum Gasteiger partial charge on any atom is -0.376 e. The van der Waals surface area contributed by atoms with Gasteiger partial charge in [-0.15, -0.1) is 0 Å². The number of nitrogens with one attached hydrogen (secondary N) is 2. The molecule has 1 aromatic carbocycles. The van der Waals surface area contributed by atoms with Crippen LogP contribution < -0.4 is 5.32 Å². The van der Waals surface area contributed by atoms with E-state index in [0.29, 0.717) is 12.2 Å². The van der Waals surface area contributed by atoms with Crippen LogP contribution in [0.15, 0.2) is 30.5 Å². The van der Waals surface area contributed by atoms with Crippen molar-refractivity contribution >= 4 is 16.8 Å². The van der Waals surface area contributed by atoms with Crippen LogP contribution in [-0.4, -0.2) is 29.1 Å². The summed E-state index contributed by atoms with van der Waals surface area (Å²) in [7, 11) is 0. The predicted octanol–water partition coefficient (Wildman–Crippen LogP) is 2.47. The van der Waals surface area contributed by atoms with Gasteiger partial charge in [0.25, 0.3) is 5.91 Å². The van der Waals surface area contributed by atoms with Gasteiger partial charge in [0.15, 0.2) is 0 Å². The monoisotopic (exact) mass is 258 g/mol. The molecular weight excluding hydrogens is 240 g/mol. The molecule has 1 fully saturated rings. The first-order chi connectivity index (χ1) is 9.10. The Morgan fingerprint density at radius 1 is 1.47 bits per heavy atom. The van der Waals surface area contributed by atoms with E-state index in [2.05, 4.69) is 10.3 Å². The highest BCUT2D eigenvalue weighted by Crippen LogP contribution is 2.26. The van der Waals surface area contributed by atoms with Gasteiger partial charge < -0.3 is 15.0 Å². The van der Waals surface area contributed by atoms with Crippen LogP contribution in [-0.2, 0) is 4.74 Å². The predicted molar refractivity (Wildman–Crippen MR) is 74.2 cm³/mol. The van der Waals surface area contributed by atoms with Crippen molar-refractivity contribution in [1.82, 2.24) is 10.3 Å². The van der Waals surface area contributed by atoms with E-state index in [1.165, 1.54) is 0 Å². The molecule has 0 saturated carbocycles. The van der Waals surface area contributed by atoms with Crippen LogP contribution >= 0.6 is 0 Å². The zero-order valence-corrected chi connectivity index (χ0v) is 11.2. The van der Waals surface area contributed by atoms with Gasteiger partial charge in [-0.3, -0.25) is 4.79 Å². The first-order valence-corrected chi connectivity index (χ1v) is 6.60. The van der Waals surface area contributed by atoms with E-state index in [4.69, 9.17) is 4.74 Å². The van der Waals surface area contributed by atoms with Crippen molar-refractivity contribution in [3.05, 3.63) is 36.0 Å². The number of carbonyl (C=O) groups excluding carboxylic acids is 1. The van der Waals surface area contributed by atoms with Crippen molar-refractivity contribution in [2.24, 2.45) is 0 Å². The normalized spacial score (nSPS) is 26.7. The number of H-pyrrole nitrogens is 1. The highest BCUT2D eigenvalue weighted by atomic mass is 16.5. The molecule has 2 unspecified atom stereocenters. The Morgan fingerprint density at radius 3 is 3.00 bits per heavy atom. The standard InChI is InChI=1S/C15H18N2O2/c1-10-15(2,7-8-19-10)17-14(18)12-9-16-13-6-4-3-5-11(12)13/h3-6,9-10,16H,7-8H2,1-2H3,(H,17,18). The summed E-state index contributed by atoms with van der Waals surface area (Å²) in [5, 5.41) is 4.07. The molecule has 0 radical (unpaired) electrons. The third kappa shape index (κ3) is 2.02. The average molecular weight is 258 g/mol. The summed E-state index contributed by atoms with van der Waals surface area (Å²) < 4.78 is 5.55. The fraction of sp³-hybridized carbons (Fsp3) is 0.400. The van der Waals surface area contributed by atoms with Crippen LogP contribution in [0.5, 0.6) is 0 Å². The first-order valence-electron chi connectivity index (χ1n) is 6.60. The average Bonchev–Trinajstić information content (AvgIpc) is 2.94. The van der Waals surface area contributed by atoms with Crippen LogP contribution in [0.25, 0.3) is 10.9 Å². The molecule has 4 heteroatoms. The number of benzene rings is 1. The van der Waals surface area contributed by atoms with Crippen molar-refractivity contribution < 1.29 is 9.53 Å². The van der Waals surface area contributed by atoms with Gasteiger partial charge in [-0.1, -0.05) is 18.2 Å². The van der Waals surface area contributed by atoms with Crippen molar-refractivity contribution in [1.29, 1.82) is 0 Å². The van der Waals surface area contributed by atoms with Gasteiger partial charge in [-0.25, -0.2) is 0 Å². The van der Waals surface area contributed by atoms with Gasteiger partial charge in [0.05, 0.1) is 17.2 Å². The molecule has 0 spiro atoms. The summed E-state index contributed by atoms with van der Waals surface area (Å²) in [6.45, 7) is 4.74. The molecule has 0 bridgehead atoms. The van der Waals surface area contributed by atoms with Crippen LogP contribution in [0.2, 0.25) is 0 Å². The van der Waals surface area contributed by atoms with E-state index in [0.717, 1.165) is 17.3 Å². The number of carbonyl (C=O) groups is 1. The maximum absolute atomic E-state index is 12.4. The molecule has 1 aliphatic rings. The van der Waals surface area contributed by atoms with Crippen molar-refractivity contribution in [3.63, 3.8) is 0 Å². The maximum atomic E-state index is 12.4. The van der Waals surface area contributed by atoms with Gasteiger partial charge >= 0.3 is 0 Å². The van der Waals surface area contributed by atoms with E-state index in [1.807, 2.05) is 38.1 Å². The van der Waals surface area contributed by atoms with Gasteiger partial charge in [0.1, 0.15) is 0 Å². The third-order valence-corrected chi connectivity index (χ3v) is 4.12. The summed E-state index contributed by atoms with van der Waals surface area (Å²) in [5.74, 6) is -0.0442. The second-order valence-electron chi connectivity index (χ2n) is 5.38. The minimum absolute atomic E-state index is 0.0432. The van der Waals surface area contributed by atoms with Crippen molar-refractivity contribution in [3.8, 4) is 0 Å². The summed E-state index contributed by atoms with van der Waals surface area (Å²) in [6.07, 6.45) is 2.66. The maximum Gasteiger partial charge on any atom is 0.253 e. The Hall–Kier alpha value is -1.81. The van der Waals surface area contributed by atoms with Crippen LogP contribution in [0.1, 0.15) is 30.6 Å². The lowest BCUT2D eigenvalue weighted by molar-refractivity contribution is 0.0728. The molecule has 1 saturated heterocycles. The lowest BCUT2D eigenvalue weighted by Gasteiger charge is -2.28. The Morgan fingerprint density at radius 2 is 2.26 bits per heavy atom. The number of para-hydroxylation sites is 1. The number of aromatic amines is 1. The van der Waals surface area contributed by atoms with Crippen LogP contribution in [0.3, 0.4) is 0 Å². The van der Waals surface area contributed by atoms with Gasteiger partial charge in [-0.2, -0.15) is 0 Å². The Balaban J connectivity index is 1.88. The van der Waals surface area contributed by atoms with Gasteiger partial charge in [-0.05, 0) is 26.3 Å². The fourth-order valence-electron chi connectivity index (χ4n) is 2.59. The number of fused-ring (bicyclic) bond motifs is 1. The summed E-state index contributed by atoms with van der Waals surface area (Å²) in [5.41, 5.74) is 1.39. The zero-order valence-electron chi connectivity index (χ0n) is 11.2. The molecule has 3 rings (SSSR count). The highest BCUT2D eigenvalue weighted by Gasteiger charge is 2.38. The van der Waals surface area contributed by atoms with E-state index in [9.17, 15) is 4.79 Å². The molecule has 2 heterocycles. The molecule has 2 atom stereocenters. The number of ether oxygens (including phenoxy) is 1. The molecule has 2 N–H and O–H groups in total. The fourth-order valence-corrected chi connectivity index (χ4v) is 2.59. The van der Waals surface area contributed by atoms with Gasteiger partial charge in [0, 0.05) is 23.7 Å². The van der Waals surface area contributed by atoms with E-state index in [1.54, 1.807) is 6.20 Å². The summed E-state index contributed by atoms with van der Waals surface area (Å²) in [6, 6.07) is 7.82. The summed E-state index contributed by atoms with van der Waals surface area (Å²) in [4.78, 5) is 15.6. The zero-order chi connectivity index (χ0) is 13.5. The molecule has 19 heavy (non-hydrogen) atoms. The van der Waals surface area contributed by atoms with Crippen LogP contribution in [0.4, 0.5) is 0 Å². The Kier molecular flexibility index (Phi) is 2.82. The molecule has 100 valence electrons. The Labute approximate surface area is 112 Å². The number of aromatic nitrogens is 1. The second kappa shape index (κ2) is 4.38. The number of rotatable bonds is 2. The number of hydrogen-bond acceptors (Lipinski definition) is 2. The third-order valence-electron chi connectivity index (χ3n) is 4.12. The lowest BCUT2D eigenvalue weighted by Crippen LogP contribution is -2.50. The molecular formula is C15H18N2O2. The molecule has 4 nitrogen and oxygen atoms in total. The molecule has 1 aromatic heterocycles. The Bertz CT molecular complexity index is 619. The van der Waals surface area contributed by atoms with Crippen molar-refractivity contribution in [2.45, 2.75) is 31.9 Å². The molecule has 0 aliphatic carbocycles. The summed E-state index contributed by atoms with van der Waals surface area (Å²) >= 11 is 0. The quantitative estimate of drug-likeness (QED) is 0.869. The highest BCUT2D eigenvalue weighted by molar-refractivity contribution is 6.06. The van der Waals surface area contributed by atoms with Crippen molar-refractivity contribution in [2.75, 3.05) is 6.61 Å². The van der Waals surface area contributed by atoms with E-state index in [-0.39, 0.29) is 17.6 Å². The van der Waals surface area contributed by atoms with Crippen LogP contribution in [0, 0.1) is 0 Å². The second-order valence-corrected chi connectivity index (χ2v) is 5.38. The smallest absolute Gasteiger partial charge is 0.253 e. The number of hydrogen-bond donors (Lipinski definition) is 2. The number of amides is 1. The SMILES string of the molecule is CC1OCCC1(C)NC(=O)c1c[nH]c2ccccc12. The molecule has 2 aromatic rings. The largest absolute Gasteiger partial charge is 0.376 e. The minimum atomic E-state index is -0.282. The van der Waals surface area contributed by atoms with E-state index >= 15 is 0 Å². The topological polar surface area (TPSA) is 54.1 Å².